The Kier molecular flexibility index (Phi) is 4.09. The molecule has 2 aliphatic rings. The molecule has 1 aromatic heterocycles. The highest BCUT2D eigenvalue weighted by atomic mass is 32.2. The van der Waals surface area contributed by atoms with Gasteiger partial charge in [0.05, 0.1) is 32.3 Å². The van der Waals surface area contributed by atoms with E-state index < -0.39 is 10.0 Å². The van der Waals surface area contributed by atoms with E-state index in [0.717, 1.165) is 31.8 Å². The smallest absolute Gasteiger partial charge is 0.211 e. The molecule has 0 amide bonds. The van der Waals surface area contributed by atoms with E-state index in [0.29, 0.717) is 26.3 Å². The molecule has 3 heterocycles. The Morgan fingerprint density at radius 3 is 2.90 bits per heavy atom. The number of nitrogens with zero attached hydrogens (tertiary/aromatic N) is 2. The summed E-state index contributed by atoms with van der Waals surface area (Å²) in [4.78, 5) is 2.31. The Morgan fingerprint density at radius 1 is 1.33 bits per heavy atom. The Balaban J connectivity index is 1.69. The molecule has 1 spiro atoms. The van der Waals surface area contributed by atoms with Crippen LogP contribution in [0.15, 0.2) is 22.8 Å². The molecule has 0 saturated carbocycles. The average Bonchev–Trinajstić information content (AvgIpc) is 2.98. The lowest BCUT2D eigenvalue weighted by molar-refractivity contribution is 0.0716. The van der Waals surface area contributed by atoms with Crippen molar-refractivity contribution in [2.75, 3.05) is 45.6 Å². The van der Waals surface area contributed by atoms with Crippen LogP contribution < -0.4 is 0 Å². The average molecular weight is 314 g/mol. The van der Waals surface area contributed by atoms with E-state index in [1.54, 1.807) is 10.6 Å². The first-order valence-electron chi connectivity index (χ1n) is 7.25. The summed E-state index contributed by atoms with van der Waals surface area (Å²) in [5, 5.41) is 0. The van der Waals surface area contributed by atoms with Gasteiger partial charge in [0.2, 0.25) is 10.0 Å². The third-order valence-corrected chi connectivity index (χ3v) is 5.60. The Labute approximate surface area is 125 Å². The molecule has 0 aromatic carbocycles. The number of likely N-dealkylation sites (tertiary alicyclic amines) is 1. The zero-order valence-corrected chi connectivity index (χ0v) is 13.1. The maximum Gasteiger partial charge on any atom is 0.211 e. The predicted octanol–water partition coefficient (Wildman–Crippen LogP) is 0.764. The van der Waals surface area contributed by atoms with Gasteiger partial charge in [0.25, 0.3) is 0 Å². The van der Waals surface area contributed by atoms with Crippen molar-refractivity contribution in [1.29, 1.82) is 0 Å². The fourth-order valence-electron chi connectivity index (χ4n) is 3.27. The molecule has 7 heteroatoms. The number of sulfonamides is 1. The quantitative estimate of drug-likeness (QED) is 0.824. The van der Waals surface area contributed by atoms with Crippen LogP contribution in [-0.2, 0) is 21.3 Å². The van der Waals surface area contributed by atoms with Crippen molar-refractivity contribution >= 4 is 10.0 Å². The number of hydrogen-bond acceptors (Lipinski definition) is 5. The van der Waals surface area contributed by atoms with E-state index in [2.05, 4.69) is 4.90 Å². The highest BCUT2D eigenvalue weighted by Gasteiger charge is 2.42. The number of ether oxygens (including phenoxy) is 1. The molecule has 2 fully saturated rings. The first-order chi connectivity index (χ1) is 9.97. The zero-order valence-electron chi connectivity index (χ0n) is 12.3. The number of furan rings is 1. The normalized spacial score (nSPS) is 29.0. The minimum atomic E-state index is -3.16. The van der Waals surface area contributed by atoms with E-state index >= 15 is 0 Å². The second-order valence-electron chi connectivity index (χ2n) is 6.19. The summed E-state index contributed by atoms with van der Waals surface area (Å²) in [5.74, 6) is 0.946. The molecule has 21 heavy (non-hydrogen) atoms. The molecule has 2 saturated heterocycles. The maximum absolute atomic E-state index is 11.9. The van der Waals surface area contributed by atoms with Gasteiger partial charge in [-0.2, -0.15) is 4.31 Å². The van der Waals surface area contributed by atoms with E-state index in [-0.39, 0.29) is 5.41 Å². The minimum Gasteiger partial charge on any atom is -0.468 e. The third-order valence-electron chi connectivity index (χ3n) is 4.35. The van der Waals surface area contributed by atoms with E-state index in [4.69, 9.17) is 9.15 Å². The van der Waals surface area contributed by atoms with Gasteiger partial charge in [0.1, 0.15) is 5.76 Å². The van der Waals surface area contributed by atoms with Crippen molar-refractivity contribution in [3.8, 4) is 0 Å². The Hall–Kier alpha value is -0.890. The van der Waals surface area contributed by atoms with Gasteiger partial charge in [-0.15, -0.1) is 0 Å². The molecule has 0 aliphatic carbocycles. The fraction of sp³-hybridized carbons (Fsp3) is 0.714. The van der Waals surface area contributed by atoms with Crippen LogP contribution in [0.5, 0.6) is 0 Å². The third kappa shape index (κ3) is 3.48. The first-order valence-corrected chi connectivity index (χ1v) is 9.09. The lowest BCUT2D eigenvalue weighted by atomic mass is 9.88. The van der Waals surface area contributed by atoms with Gasteiger partial charge < -0.3 is 9.15 Å². The van der Waals surface area contributed by atoms with Gasteiger partial charge in [-0.1, -0.05) is 0 Å². The van der Waals surface area contributed by atoms with Crippen LogP contribution in [0.25, 0.3) is 0 Å². The molecule has 1 aromatic rings. The summed E-state index contributed by atoms with van der Waals surface area (Å²) >= 11 is 0. The van der Waals surface area contributed by atoms with Crippen molar-refractivity contribution in [2.24, 2.45) is 5.41 Å². The van der Waals surface area contributed by atoms with E-state index in [1.165, 1.54) is 6.26 Å². The maximum atomic E-state index is 11.9. The summed E-state index contributed by atoms with van der Waals surface area (Å²) in [7, 11) is -3.16. The molecular weight excluding hydrogens is 292 g/mol. The second-order valence-corrected chi connectivity index (χ2v) is 8.17. The summed E-state index contributed by atoms with van der Waals surface area (Å²) in [6.45, 7) is 4.69. The summed E-state index contributed by atoms with van der Waals surface area (Å²) in [6.07, 6.45) is 3.92. The molecule has 6 nitrogen and oxygen atoms in total. The van der Waals surface area contributed by atoms with Crippen molar-refractivity contribution in [3.63, 3.8) is 0 Å². The van der Waals surface area contributed by atoms with Gasteiger partial charge in [0.15, 0.2) is 0 Å². The molecule has 0 N–H and O–H groups in total. The van der Waals surface area contributed by atoms with Crippen LogP contribution >= 0.6 is 0 Å². The lowest BCUT2D eigenvalue weighted by Crippen LogP contribution is -2.42. The van der Waals surface area contributed by atoms with Crippen molar-refractivity contribution in [3.05, 3.63) is 24.2 Å². The summed E-state index contributed by atoms with van der Waals surface area (Å²) in [6, 6.07) is 3.86. The van der Waals surface area contributed by atoms with Gasteiger partial charge in [-0.3, -0.25) is 4.90 Å². The summed E-state index contributed by atoms with van der Waals surface area (Å²) in [5.41, 5.74) is -0.0911. The van der Waals surface area contributed by atoms with Crippen LogP contribution in [0.4, 0.5) is 0 Å². The van der Waals surface area contributed by atoms with Gasteiger partial charge in [0, 0.05) is 25.0 Å². The predicted molar refractivity (Wildman–Crippen MR) is 78.3 cm³/mol. The van der Waals surface area contributed by atoms with E-state index in [1.807, 2.05) is 12.1 Å². The largest absolute Gasteiger partial charge is 0.468 e. The SMILES string of the molecule is CS(=O)(=O)N1CCOC[C@]2(CCN(Cc3ccco3)C2)C1. The van der Waals surface area contributed by atoms with Crippen LogP contribution in [0.1, 0.15) is 12.2 Å². The zero-order chi connectivity index (χ0) is 14.9. The second kappa shape index (κ2) is 5.72. The molecule has 118 valence electrons. The molecule has 3 rings (SSSR count). The standard InChI is InChI=1S/C14H22N2O4S/c1-21(17,18)16-6-8-19-12-14(11-16)4-5-15(10-14)9-13-3-2-7-20-13/h2-3,7H,4-6,8-12H2,1H3/t14-/m0/s1. The van der Waals surface area contributed by atoms with Gasteiger partial charge in [-0.05, 0) is 25.1 Å². The molecular formula is C14H22N2O4S. The lowest BCUT2D eigenvalue weighted by Gasteiger charge is -2.30. The van der Waals surface area contributed by atoms with E-state index in [9.17, 15) is 8.42 Å². The van der Waals surface area contributed by atoms with Gasteiger partial charge >= 0.3 is 0 Å². The monoisotopic (exact) mass is 314 g/mol. The van der Waals surface area contributed by atoms with Crippen LogP contribution in [-0.4, -0.2) is 63.3 Å². The highest BCUT2D eigenvalue weighted by molar-refractivity contribution is 7.88. The van der Waals surface area contributed by atoms with Crippen molar-refractivity contribution < 1.29 is 17.6 Å². The fourth-order valence-corrected chi connectivity index (χ4v) is 4.18. The summed E-state index contributed by atoms with van der Waals surface area (Å²) < 4.78 is 36.4. The minimum absolute atomic E-state index is 0.0911. The molecule has 0 radical (unpaired) electrons. The molecule has 2 aliphatic heterocycles. The Morgan fingerprint density at radius 2 is 2.19 bits per heavy atom. The highest BCUT2D eigenvalue weighted by Crippen LogP contribution is 2.34. The number of rotatable bonds is 3. The molecule has 0 bridgehead atoms. The van der Waals surface area contributed by atoms with Crippen LogP contribution in [0.2, 0.25) is 0 Å². The van der Waals surface area contributed by atoms with Crippen LogP contribution in [0, 0.1) is 5.41 Å². The van der Waals surface area contributed by atoms with Gasteiger partial charge in [-0.25, -0.2) is 8.42 Å². The van der Waals surface area contributed by atoms with Crippen LogP contribution in [0.3, 0.4) is 0 Å². The molecule has 0 unspecified atom stereocenters. The topological polar surface area (TPSA) is 63.0 Å². The molecule has 1 atom stereocenters. The van der Waals surface area contributed by atoms with Crippen molar-refractivity contribution in [1.82, 2.24) is 9.21 Å². The Bertz CT molecular complexity index is 572. The number of hydrogen-bond donors (Lipinski definition) is 0. The first kappa shape index (κ1) is 15.0. The van der Waals surface area contributed by atoms with Crippen molar-refractivity contribution in [2.45, 2.75) is 13.0 Å².